The van der Waals surface area contributed by atoms with Crippen LogP contribution in [0, 0.1) is 5.92 Å². The molecule has 1 aliphatic carbocycles. The van der Waals surface area contributed by atoms with E-state index in [2.05, 4.69) is 26.1 Å². The summed E-state index contributed by atoms with van der Waals surface area (Å²) in [7, 11) is 0. The van der Waals surface area contributed by atoms with Crippen molar-refractivity contribution in [3.8, 4) is 0 Å². The maximum Gasteiger partial charge on any atom is 0.220 e. The molecular weight excluding hydrogens is 292 g/mol. The number of nitrogens with one attached hydrogen (secondary N) is 1. The van der Waals surface area contributed by atoms with E-state index in [1.165, 1.54) is 12.1 Å². The summed E-state index contributed by atoms with van der Waals surface area (Å²) in [6, 6.07) is 2.63. The fourth-order valence-electron chi connectivity index (χ4n) is 3.52. The van der Waals surface area contributed by atoms with Gasteiger partial charge in [-0.2, -0.15) is 5.10 Å². The number of carbonyl (C=O) groups excluding carboxylic acids is 1. The molecule has 3 heterocycles. The third-order valence-electron chi connectivity index (χ3n) is 5.02. The molecule has 1 saturated heterocycles. The zero-order chi connectivity index (χ0) is 15.6. The minimum Gasteiger partial charge on any atom is -0.381 e. The Kier molecular flexibility index (Phi) is 4.35. The van der Waals surface area contributed by atoms with E-state index < -0.39 is 0 Å². The Morgan fingerprint density at radius 3 is 3.04 bits per heavy atom. The number of hydrogen-bond donors (Lipinski definition) is 1. The van der Waals surface area contributed by atoms with Crippen LogP contribution in [0.1, 0.15) is 37.1 Å². The topological polar surface area (TPSA) is 59.4 Å². The highest BCUT2D eigenvalue weighted by atomic mass is 16.5. The van der Waals surface area contributed by atoms with E-state index in [9.17, 15) is 4.79 Å². The quantitative estimate of drug-likeness (QED) is 0.848. The minimum atomic E-state index is 0.168. The van der Waals surface area contributed by atoms with Crippen LogP contribution >= 0.6 is 0 Å². The van der Waals surface area contributed by atoms with Crippen LogP contribution in [0.5, 0.6) is 0 Å². The van der Waals surface area contributed by atoms with Gasteiger partial charge in [-0.1, -0.05) is 0 Å². The minimum absolute atomic E-state index is 0.168. The van der Waals surface area contributed by atoms with E-state index in [0.29, 0.717) is 18.4 Å². The van der Waals surface area contributed by atoms with E-state index in [4.69, 9.17) is 4.74 Å². The maximum atomic E-state index is 11.8. The first-order valence-corrected chi connectivity index (χ1v) is 8.91. The second-order valence-electron chi connectivity index (χ2n) is 7.16. The fourth-order valence-corrected chi connectivity index (χ4v) is 3.52. The van der Waals surface area contributed by atoms with Crippen LogP contribution in [0.3, 0.4) is 0 Å². The second-order valence-corrected chi connectivity index (χ2v) is 7.16. The van der Waals surface area contributed by atoms with Crippen molar-refractivity contribution >= 4 is 5.91 Å². The summed E-state index contributed by atoms with van der Waals surface area (Å²) in [4.78, 5) is 14.3. The molecule has 1 saturated carbocycles. The smallest absolute Gasteiger partial charge is 0.220 e. The van der Waals surface area contributed by atoms with Crippen molar-refractivity contribution in [3.05, 3.63) is 17.5 Å². The normalized spacial score (nSPS) is 24.6. The van der Waals surface area contributed by atoms with Crippen molar-refractivity contribution in [1.82, 2.24) is 20.0 Å². The van der Waals surface area contributed by atoms with Gasteiger partial charge in [-0.25, -0.2) is 0 Å². The van der Waals surface area contributed by atoms with Crippen LogP contribution in [0.25, 0.3) is 0 Å². The molecule has 1 N–H and O–H groups in total. The summed E-state index contributed by atoms with van der Waals surface area (Å²) in [5.74, 6) is 0.858. The molecular formula is C17H26N4O2. The molecule has 2 fully saturated rings. The molecule has 1 amide bonds. The summed E-state index contributed by atoms with van der Waals surface area (Å²) in [6.45, 7) is 5.95. The van der Waals surface area contributed by atoms with Crippen molar-refractivity contribution in [3.63, 3.8) is 0 Å². The van der Waals surface area contributed by atoms with Gasteiger partial charge in [-0.15, -0.1) is 0 Å². The standard InChI is InChI=1S/C17H26N4O2/c22-17(18-14-1-2-14)4-3-15-9-16-11-20(6-7-21(16)19-15)10-13-5-8-23-12-13/h9,13-14H,1-8,10-12H2,(H,18,22)/t13-/m1/s1. The monoisotopic (exact) mass is 318 g/mol. The molecule has 3 aliphatic rings. The number of amides is 1. The van der Waals surface area contributed by atoms with Gasteiger partial charge in [0, 0.05) is 45.1 Å². The Morgan fingerprint density at radius 2 is 2.26 bits per heavy atom. The van der Waals surface area contributed by atoms with Crippen molar-refractivity contribution < 1.29 is 9.53 Å². The zero-order valence-corrected chi connectivity index (χ0v) is 13.7. The maximum absolute atomic E-state index is 11.8. The van der Waals surface area contributed by atoms with E-state index in [0.717, 1.165) is 64.3 Å². The molecule has 6 nitrogen and oxygen atoms in total. The summed E-state index contributed by atoms with van der Waals surface area (Å²) in [5.41, 5.74) is 2.34. The Balaban J connectivity index is 1.28. The molecule has 1 aromatic rings. The van der Waals surface area contributed by atoms with Crippen LogP contribution in [0.15, 0.2) is 6.07 Å². The largest absolute Gasteiger partial charge is 0.381 e. The first-order chi connectivity index (χ1) is 11.3. The molecule has 126 valence electrons. The fraction of sp³-hybridized carbons (Fsp3) is 0.765. The predicted molar refractivity (Wildman–Crippen MR) is 85.9 cm³/mol. The zero-order valence-electron chi connectivity index (χ0n) is 13.7. The Labute approximate surface area is 137 Å². The van der Waals surface area contributed by atoms with Gasteiger partial charge in [0.1, 0.15) is 0 Å². The van der Waals surface area contributed by atoms with Gasteiger partial charge in [-0.05, 0) is 31.2 Å². The van der Waals surface area contributed by atoms with Crippen LogP contribution < -0.4 is 5.32 Å². The number of hydrogen-bond acceptors (Lipinski definition) is 4. The second kappa shape index (κ2) is 6.61. The van der Waals surface area contributed by atoms with Crippen LogP contribution in [-0.4, -0.2) is 52.9 Å². The molecule has 1 aromatic heterocycles. The summed E-state index contributed by atoms with van der Waals surface area (Å²) in [5, 5.41) is 7.71. The van der Waals surface area contributed by atoms with Gasteiger partial charge in [0.15, 0.2) is 0 Å². The van der Waals surface area contributed by atoms with Gasteiger partial charge < -0.3 is 10.1 Å². The van der Waals surface area contributed by atoms with E-state index in [-0.39, 0.29) is 5.91 Å². The predicted octanol–water partition coefficient (Wildman–Crippen LogP) is 0.946. The van der Waals surface area contributed by atoms with Gasteiger partial charge in [0.25, 0.3) is 0 Å². The molecule has 6 heteroatoms. The van der Waals surface area contributed by atoms with Crippen LogP contribution in [0.2, 0.25) is 0 Å². The lowest BCUT2D eigenvalue weighted by atomic mass is 10.1. The first-order valence-electron chi connectivity index (χ1n) is 8.91. The number of aryl methyl sites for hydroxylation is 1. The lowest BCUT2D eigenvalue weighted by Crippen LogP contribution is -2.37. The van der Waals surface area contributed by atoms with Crippen molar-refractivity contribution in [1.29, 1.82) is 0 Å². The van der Waals surface area contributed by atoms with Crippen molar-refractivity contribution in [2.24, 2.45) is 5.92 Å². The van der Waals surface area contributed by atoms with Crippen molar-refractivity contribution in [2.75, 3.05) is 26.3 Å². The van der Waals surface area contributed by atoms with Gasteiger partial charge in [0.05, 0.1) is 24.5 Å². The van der Waals surface area contributed by atoms with Crippen LogP contribution in [-0.2, 0) is 29.0 Å². The molecule has 2 aliphatic heterocycles. The van der Waals surface area contributed by atoms with Crippen LogP contribution in [0.4, 0.5) is 0 Å². The first kappa shape index (κ1) is 15.1. The Morgan fingerprint density at radius 1 is 1.35 bits per heavy atom. The molecule has 0 spiro atoms. The molecule has 23 heavy (non-hydrogen) atoms. The highest BCUT2D eigenvalue weighted by Gasteiger charge is 2.25. The molecule has 0 unspecified atom stereocenters. The third-order valence-corrected chi connectivity index (χ3v) is 5.02. The third kappa shape index (κ3) is 3.93. The number of aromatic nitrogens is 2. The molecule has 4 rings (SSSR count). The lowest BCUT2D eigenvalue weighted by Gasteiger charge is -2.29. The number of nitrogens with zero attached hydrogens (tertiary/aromatic N) is 3. The highest BCUT2D eigenvalue weighted by molar-refractivity contribution is 5.76. The summed E-state index contributed by atoms with van der Waals surface area (Å²) >= 11 is 0. The average Bonchev–Trinajstić information content (AvgIpc) is 3.05. The van der Waals surface area contributed by atoms with E-state index in [1.807, 2.05) is 0 Å². The number of carbonyl (C=O) groups is 1. The summed E-state index contributed by atoms with van der Waals surface area (Å²) in [6.07, 6.45) is 4.78. The molecule has 0 bridgehead atoms. The Hall–Kier alpha value is -1.40. The van der Waals surface area contributed by atoms with Gasteiger partial charge in [0.2, 0.25) is 5.91 Å². The Bertz CT molecular complexity index is 561. The molecule has 0 radical (unpaired) electrons. The lowest BCUT2D eigenvalue weighted by molar-refractivity contribution is -0.121. The SMILES string of the molecule is O=C(CCc1cc2n(n1)CCN(C[C@H]1CCOC1)C2)NC1CC1. The summed E-state index contributed by atoms with van der Waals surface area (Å²) < 4.78 is 7.60. The van der Waals surface area contributed by atoms with Gasteiger partial charge in [-0.3, -0.25) is 14.4 Å². The van der Waals surface area contributed by atoms with E-state index in [1.54, 1.807) is 0 Å². The van der Waals surface area contributed by atoms with Crippen molar-refractivity contribution in [2.45, 2.75) is 51.2 Å². The number of ether oxygens (including phenoxy) is 1. The number of fused-ring (bicyclic) bond motifs is 1. The highest BCUT2D eigenvalue weighted by Crippen LogP contribution is 2.20. The average molecular weight is 318 g/mol. The van der Waals surface area contributed by atoms with Gasteiger partial charge >= 0.3 is 0 Å². The number of rotatable bonds is 6. The molecule has 1 atom stereocenters. The van der Waals surface area contributed by atoms with E-state index >= 15 is 0 Å². The molecule has 0 aromatic carbocycles.